The van der Waals surface area contributed by atoms with Crippen LogP contribution < -0.4 is 21.9 Å². The lowest BCUT2D eigenvalue weighted by Gasteiger charge is -2.22. The number of aromatic nitrogens is 4. The van der Waals surface area contributed by atoms with Crippen molar-refractivity contribution >= 4 is 42.2 Å². The van der Waals surface area contributed by atoms with E-state index in [1.54, 1.807) is 30.3 Å². The maximum atomic E-state index is 13.2. The fourth-order valence-corrected chi connectivity index (χ4v) is 4.69. The predicted octanol–water partition coefficient (Wildman–Crippen LogP) is 0.282. The minimum absolute atomic E-state index is 0.0654. The molecule has 3 heterocycles. The summed E-state index contributed by atoms with van der Waals surface area (Å²) < 4.78 is 4.19. The molecule has 0 bridgehead atoms. The van der Waals surface area contributed by atoms with Gasteiger partial charge in [0.05, 0.1) is 29.9 Å². The molecule has 1 aliphatic heterocycles. The fourth-order valence-electron chi connectivity index (χ4n) is 3.41. The quantitative estimate of drug-likeness (QED) is 0.474. The Morgan fingerprint density at radius 1 is 1.21 bits per heavy atom. The lowest BCUT2D eigenvalue weighted by Crippen LogP contribution is -2.44. The van der Waals surface area contributed by atoms with E-state index in [1.165, 1.54) is 9.13 Å². The van der Waals surface area contributed by atoms with Crippen molar-refractivity contribution in [3.8, 4) is 11.8 Å². The van der Waals surface area contributed by atoms with E-state index in [1.807, 2.05) is 31.3 Å². The van der Waals surface area contributed by atoms with Gasteiger partial charge >= 0.3 is 5.69 Å². The molecule has 1 aromatic carbocycles. The van der Waals surface area contributed by atoms with Gasteiger partial charge in [0.25, 0.3) is 5.56 Å². The van der Waals surface area contributed by atoms with Crippen LogP contribution in [-0.4, -0.2) is 39.0 Å². The molecule has 140 valence electrons. The molecule has 0 amide bonds. The van der Waals surface area contributed by atoms with Gasteiger partial charge in [-0.3, -0.25) is 13.9 Å². The molecule has 0 spiro atoms. The molecule has 0 N–H and O–H groups in total. The van der Waals surface area contributed by atoms with Crippen molar-refractivity contribution < 1.29 is 0 Å². The van der Waals surface area contributed by atoms with Gasteiger partial charge in [0.1, 0.15) is 0 Å². The van der Waals surface area contributed by atoms with Crippen molar-refractivity contribution in [3.05, 3.63) is 45.1 Å². The van der Waals surface area contributed by atoms with Crippen LogP contribution in [0, 0.1) is 11.8 Å². The third-order valence-electron chi connectivity index (χ3n) is 4.95. The van der Waals surface area contributed by atoms with E-state index in [9.17, 15) is 9.59 Å². The highest BCUT2D eigenvalue weighted by molar-refractivity contribution is 8.00. The molecule has 9 heteroatoms. The van der Waals surface area contributed by atoms with Crippen molar-refractivity contribution in [2.45, 2.75) is 30.3 Å². The second kappa shape index (κ2) is 6.95. The highest BCUT2D eigenvalue weighted by Gasteiger charge is 2.29. The molecule has 3 aromatic rings. The van der Waals surface area contributed by atoms with Gasteiger partial charge in [0.15, 0.2) is 19.0 Å². The third-order valence-corrected chi connectivity index (χ3v) is 6.29. The molecule has 1 unspecified atom stereocenters. The summed E-state index contributed by atoms with van der Waals surface area (Å²) in [6.07, 6.45) is 0. The number of rotatable bonds is 3. The van der Waals surface area contributed by atoms with Crippen LogP contribution in [0.15, 0.2) is 38.8 Å². The Bertz CT molecular complexity index is 1260. The fraction of sp³-hybridized carbons (Fsp3) is 0.316. The van der Waals surface area contributed by atoms with Gasteiger partial charge in [-0.2, -0.15) is 0 Å². The Morgan fingerprint density at radius 3 is 2.68 bits per heavy atom. The zero-order valence-electron chi connectivity index (χ0n) is 15.8. The van der Waals surface area contributed by atoms with Crippen LogP contribution in [0.4, 0.5) is 5.69 Å². The van der Waals surface area contributed by atoms with E-state index in [4.69, 9.17) is 7.85 Å². The lowest BCUT2D eigenvalue weighted by atomic mass is 10.1. The number of fused-ring (bicyclic) bond motifs is 2. The molecule has 1 atom stereocenters. The van der Waals surface area contributed by atoms with Crippen LogP contribution in [0.1, 0.15) is 6.92 Å². The number of anilines is 1. The SMILES string of the molecule is [B]c1nc2c(c(=O)n(CC3Sc4ccccc4N3C)c(=O)n2C)n1CC#CC. The van der Waals surface area contributed by atoms with Gasteiger partial charge in [-0.15, -0.1) is 5.92 Å². The molecule has 0 saturated carbocycles. The highest BCUT2D eigenvalue weighted by atomic mass is 32.2. The summed E-state index contributed by atoms with van der Waals surface area (Å²) in [5.74, 6) is 5.69. The van der Waals surface area contributed by atoms with E-state index in [0.29, 0.717) is 5.52 Å². The first kappa shape index (κ1) is 18.5. The Kier molecular flexibility index (Phi) is 4.59. The third kappa shape index (κ3) is 2.76. The van der Waals surface area contributed by atoms with Crippen LogP contribution >= 0.6 is 11.8 Å². The van der Waals surface area contributed by atoms with Crippen molar-refractivity contribution in [2.75, 3.05) is 11.9 Å². The van der Waals surface area contributed by atoms with Crippen LogP contribution in [0.25, 0.3) is 11.2 Å². The number of hydrogen-bond acceptors (Lipinski definition) is 5. The number of nitrogens with zero attached hydrogens (tertiary/aromatic N) is 5. The molecule has 4 rings (SSSR count). The Labute approximate surface area is 167 Å². The molecular formula is C19H18BN5O2S. The average Bonchev–Trinajstić information content (AvgIpc) is 3.19. The Balaban J connectivity index is 1.83. The molecule has 7 nitrogen and oxygen atoms in total. The van der Waals surface area contributed by atoms with Crippen molar-refractivity contribution in [1.29, 1.82) is 0 Å². The lowest BCUT2D eigenvalue weighted by molar-refractivity contribution is 0.581. The Hall–Kier alpha value is -2.86. The number of para-hydroxylation sites is 1. The number of benzene rings is 1. The average molecular weight is 391 g/mol. The summed E-state index contributed by atoms with van der Waals surface area (Å²) in [6, 6.07) is 8.03. The molecule has 0 saturated heterocycles. The van der Waals surface area contributed by atoms with Gasteiger partial charge in [-0.05, 0) is 19.1 Å². The largest absolute Gasteiger partial charge is 0.360 e. The molecule has 2 radical (unpaired) electrons. The molecule has 2 aromatic heterocycles. The van der Waals surface area contributed by atoms with E-state index >= 15 is 0 Å². The summed E-state index contributed by atoms with van der Waals surface area (Å²) in [4.78, 5) is 33.5. The first-order chi connectivity index (χ1) is 13.4. The highest BCUT2D eigenvalue weighted by Crippen LogP contribution is 2.42. The van der Waals surface area contributed by atoms with Crippen LogP contribution in [0.3, 0.4) is 0 Å². The maximum Gasteiger partial charge on any atom is 0.332 e. The molecule has 1 aliphatic rings. The summed E-state index contributed by atoms with van der Waals surface area (Å²) in [7, 11) is 9.55. The normalized spacial score (nSPS) is 15.5. The van der Waals surface area contributed by atoms with E-state index in [2.05, 4.69) is 21.7 Å². The minimum atomic E-state index is -0.409. The van der Waals surface area contributed by atoms with Crippen molar-refractivity contribution in [2.24, 2.45) is 7.05 Å². The van der Waals surface area contributed by atoms with E-state index in [-0.39, 0.29) is 29.8 Å². The zero-order valence-corrected chi connectivity index (χ0v) is 16.7. The standard InChI is InChI=1S/C19H18BN5O2S/c1-4-5-10-24-15-16(21-18(24)20)23(3)19(27)25(17(15)26)11-14-22(2)12-8-6-7-9-13(12)28-14/h6-9,14H,10-11H2,1-3H3. The van der Waals surface area contributed by atoms with Crippen LogP contribution in [0.5, 0.6) is 0 Å². The summed E-state index contributed by atoms with van der Waals surface area (Å²) in [5.41, 5.74) is 1.03. The van der Waals surface area contributed by atoms with Gasteiger partial charge in [0, 0.05) is 19.0 Å². The number of likely N-dealkylation sites (N-methyl/N-ethyl adjacent to an activating group) is 1. The molecule has 0 fully saturated rings. The summed E-state index contributed by atoms with van der Waals surface area (Å²) >= 11 is 1.64. The van der Waals surface area contributed by atoms with E-state index in [0.717, 1.165) is 10.6 Å². The molecular weight excluding hydrogens is 373 g/mol. The topological polar surface area (TPSA) is 65.1 Å². The maximum absolute atomic E-state index is 13.2. The van der Waals surface area contributed by atoms with E-state index < -0.39 is 11.2 Å². The number of hydrogen-bond donors (Lipinski definition) is 0. The number of aryl methyl sites for hydroxylation is 1. The first-order valence-electron chi connectivity index (χ1n) is 8.77. The Morgan fingerprint density at radius 2 is 1.96 bits per heavy atom. The minimum Gasteiger partial charge on any atom is -0.360 e. The van der Waals surface area contributed by atoms with Gasteiger partial charge in [0.2, 0.25) is 0 Å². The van der Waals surface area contributed by atoms with Gasteiger partial charge in [-0.25, -0.2) is 9.78 Å². The van der Waals surface area contributed by atoms with Crippen molar-refractivity contribution in [1.82, 2.24) is 18.7 Å². The summed E-state index contributed by atoms with van der Waals surface area (Å²) in [6.45, 7) is 2.21. The van der Waals surface area contributed by atoms with Crippen LogP contribution in [0.2, 0.25) is 0 Å². The molecule has 0 aliphatic carbocycles. The zero-order chi connectivity index (χ0) is 20.0. The van der Waals surface area contributed by atoms with Gasteiger partial charge in [-0.1, -0.05) is 29.8 Å². The molecule has 28 heavy (non-hydrogen) atoms. The number of thioether (sulfide) groups is 1. The van der Waals surface area contributed by atoms with Crippen LogP contribution in [-0.2, 0) is 20.1 Å². The van der Waals surface area contributed by atoms with Gasteiger partial charge < -0.3 is 9.47 Å². The first-order valence-corrected chi connectivity index (χ1v) is 9.65. The summed E-state index contributed by atoms with van der Waals surface area (Å²) in [5, 5.41) is -0.0654. The second-order valence-electron chi connectivity index (χ2n) is 6.56. The van der Waals surface area contributed by atoms with Crippen molar-refractivity contribution in [3.63, 3.8) is 0 Å². The number of imidazole rings is 1. The monoisotopic (exact) mass is 391 g/mol. The predicted molar refractivity (Wildman–Crippen MR) is 113 cm³/mol. The smallest absolute Gasteiger partial charge is 0.332 e. The second-order valence-corrected chi connectivity index (χ2v) is 7.78.